The van der Waals surface area contributed by atoms with Gasteiger partial charge >= 0.3 is 11.7 Å². The second-order valence-electron chi connectivity index (χ2n) is 7.60. The van der Waals surface area contributed by atoms with Gasteiger partial charge in [-0.2, -0.15) is 0 Å². The summed E-state index contributed by atoms with van der Waals surface area (Å²) < 4.78 is 15.4. The molecule has 0 radical (unpaired) electrons. The molecule has 3 atom stereocenters. The molecule has 1 aliphatic heterocycles. The first-order valence-electron chi connectivity index (χ1n) is 10.8. The summed E-state index contributed by atoms with van der Waals surface area (Å²) >= 11 is 1.44. The summed E-state index contributed by atoms with van der Waals surface area (Å²) in [5.74, 6) is -1.26. The SMILES string of the molecule is CCOC1=CC=CCC(C(C)C(=O)c2c(O)cc(C(C)CC/C=C/NC(=O)OC)oc2=O)S1. The van der Waals surface area contributed by atoms with E-state index < -0.39 is 23.4 Å². The maximum Gasteiger partial charge on any atom is 0.410 e. The van der Waals surface area contributed by atoms with E-state index in [2.05, 4.69) is 10.1 Å². The molecular formula is C24H31NO7S. The zero-order valence-corrected chi connectivity index (χ0v) is 20.1. The van der Waals surface area contributed by atoms with Crippen LogP contribution in [0.5, 0.6) is 5.75 Å². The van der Waals surface area contributed by atoms with Gasteiger partial charge in [-0.25, -0.2) is 9.59 Å². The number of allylic oxidation sites excluding steroid dienone is 4. The van der Waals surface area contributed by atoms with E-state index in [1.165, 1.54) is 31.1 Å². The van der Waals surface area contributed by atoms with Gasteiger partial charge in [0.05, 0.1) is 13.7 Å². The van der Waals surface area contributed by atoms with Gasteiger partial charge in [-0.15, -0.1) is 0 Å². The highest BCUT2D eigenvalue weighted by Crippen LogP contribution is 2.35. The average molecular weight is 478 g/mol. The van der Waals surface area contributed by atoms with Crippen LogP contribution in [0.4, 0.5) is 4.79 Å². The molecule has 2 heterocycles. The summed E-state index contributed by atoms with van der Waals surface area (Å²) in [5.41, 5.74) is -1.16. The molecular weight excluding hydrogens is 446 g/mol. The highest BCUT2D eigenvalue weighted by molar-refractivity contribution is 8.03. The van der Waals surface area contributed by atoms with Crippen LogP contribution < -0.4 is 10.9 Å². The first-order valence-corrected chi connectivity index (χ1v) is 11.7. The van der Waals surface area contributed by atoms with Gasteiger partial charge in [-0.05, 0) is 32.3 Å². The maximum atomic E-state index is 13.1. The molecule has 0 saturated carbocycles. The van der Waals surface area contributed by atoms with Crippen molar-refractivity contribution in [3.63, 3.8) is 0 Å². The number of alkyl carbamates (subject to hydrolysis) is 1. The normalized spacial score (nSPS) is 17.7. The molecule has 1 amide bonds. The summed E-state index contributed by atoms with van der Waals surface area (Å²) in [5, 5.41) is 13.5. The minimum absolute atomic E-state index is 0.142. The maximum absolute atomic E-state index is 13.1. The van der Waals surface area contributed by atoms with E-state index in [0.717, 1.165) is 0 Å². The van der Waals surface area contributed by atoms with Crippen molar-refractivity contribution in [1.82, 2.24) is 5.32 Å². The second kappa shape index (κ2) is 12.9. The third-order valence-electron chi connectivity index (χ3n) is 5.21. The van der Waals surface area contributed by atoms with Crippen LogP contribution in [0.25, 0.3) is 0 Å². The molecule has 8 nitrogen and oxygen atoms in total. The fourth-order valence-corrected chi connectivity index (χ4v) is 4.43. The van der Waals surface area contributed by atoms with Gasteiger partial charge in [-0.3, -0.25) is 10.1 Å². The number of carbonyl (C=O) groups excluding carboxylic acids is 2. The Morgan fingerprint density at radius 3 is 2.82 bits per heavy atom. The molecule has 0 saturated heterocycles. The van der Waals surface area contributed by atoms with E-state index in [4.69, 9.17) is 9.15 Å². The van der Waals surface area contributed by atoms with Crippen molar-refractivity contribution in [2.45, 2.75) is 51.2 Å². The minimum atomic E-state index is -0.841. The topological polar surface area (TPSA) is 115 Å². The molecule has 2 N–H and O–H groups in total. The number of Topliss-reactive ketones (excluding diaryl/α,β-unsaturated/α-hetero) is 1. The van der Waals surface area contributed by atoms with Crippen LogP contribution in [0.1, 0.15) is 62.1 Å². The van der Waals surface area contributed by atoms with E-state index in [1.807, 2.05) is 32.1 Å². The number of ether oxygens (including phenoxy) is 2. The summed E-state index contributed by atoms with van der Waals surface area (Å²) in [6.07, 6.45) is 10.2. The minimum Gasteiger partial charge on any atom is -0.507 e. The Hall–Kier alpha value is -2.94. The molecule has 0 aliphatic carbocycles. The van der Waals surface area contributed by atoms with Gasteiger partial charge < -0.3 is 19.0 Å². The number of hydrogen-bond acceptors (Lipinski definition) is 8. The van der Waals surface area contributed by atoms with Gasteiger partial charge in [0.1, 0.15) is 17.1 Å². The van der Waals surface area contributed by atoms with Crippen LogP contribution in [0.3, 0.4) is 0 Å². The molecule has 0 bridgehead atoms. The van der Waals surface area contributed by atoms with Crippen LogP contribution in [-0.4, -0.2) is 35.9 Å². The molecule has 2 rings (SSSR count). The zero-order valence-electron chi connectivity index (χ0n) is 19.3. The summed E-state index contributed by atoms with van der Waals surface area (Å²) in [6, 6.07) is 1.34. The Labute approximate surface area is 197 Å². The smallest absolute Gasteiger partial charge is 0.410 e. The van der Waals surface area contributed by atoms with Crippen molar-refractivity contribution in [2.75, 3.05) is 13.7 Å². The summed E-state index contributed by atoms with van der Waals surface area (Å²) in [4.78, 5) is 36.7. The number of amides is 1. The Kier molecular flexibility index (Phi) is 10.3. The number of methoxy groups -OCH3 is 1. The predicted molar refractivity (Wildman–Crippen MR) is 127 cm³/mol. The molecule has 0 spiro atoms. The standard InChI is InChI=1S/C24H31NO7S/c1-5-31-20-12-7-6-11-19(33-20)16(3)22(27)21-17(26)14-18(32-23(21)28)15(2)10-8-9-13-25-24(29)30-4/h6-7,9,12-16,19,26H,5,8,10-11H2,1-4H3,(H,25,29)/b13-9+. The van der Waals surface area contributed by atoms with Gasteiger partial charge in [0.2, 0.25) is 0 Å². The molecule has 1 aromatic heterocycles. The van der Waals surface area contributed by atoms with Crippen molar-refractivity contribution >= 4 is 23.6 Å². The van der Waals surface area contributed by atoms with E-state index in [0.29, 0.717) is 36.7 Å². The lowest BCUT2D eigenvalue weighted by atomic mass is 9.94. The van der Waals surface area contributed by atoms with Gasteiger partial charge in [-0.1, -0.05) is 43.8 Å². The fraction of sp³-hybridized carbons (Fsp3) is 0.458. The number of aromatic hydroxyl groups is 1. The predicted octanol–water partition coefficient (Wildman–Crippen LogP) is 4.86. The Bertz CT molecular complexity index is 980. The Morgan fingerprint density at radius 1 is 1.39 bits per heavy atom. The van der Waals surface area contributed by atoms with Crippen LogP contribution in [0, 0.1) is 5.92 Å². The number of carbonyl (C=O) groups is 2. The highest BCUT2D eigenvalue weighted by atomic mass is 32.2. The van der Waals surface area contributed by atoms with Crippen LogP contribution in [-0.2, 0) is 9.47 Å². The lowest BCUT2D eigenvalue weighted by molar-refractivity contribution is 0.0920. The van der Waals surface area contributed by atoms with Crippen molar-refractivity contribution in [3.8, 4) is 5.75 Å². The third-order valence-corrected chi connectivity index (χ3v) is 6.60. The zero-order chi connectivity index (χ0) is 24.4. The van der Waals surface area contributed by atoms with Gasteiger partial charge in [0.15, 0.2) is 10.9 Å². The fourth-order valence-electron chi connectivity index (χ4n) is 3.25. The first kappa shape index (κ1) is 26.3. The van der Waals surface area contributed by atoms with E-state index in [-0.39, 0.29) is 22.5 Å². The molecule has 9 heteroatoms. The molecule has 3 unspecified atom stereocenters. The average Bonchev–Trinajstić information content (AvgIpc) is 3.03. The number of thioether (sulfide) groups is 1. The second-order valence-corrected chi connectivity index (χ2v) is 8.85. The van der Waals surface area contributed by atoms with E-state index in [1.54, 1.807) is 13.0 Å². The van der Waals surface area contributed by atoms with Crippen LogP contribution >= 0.6 is 11.8 Å². The number of nitrogens with one attached hydrogen (secondary N) is 1. The van der Waals surface area contributed by atoms with Crippen LogP contribution in [0.2, 0.25) is 0 Å². The third kappa shape index (κ3) is 7.56. The van der Waals surface area contributed by atoms with E-state index in [9.17, 15) is 19.5 Å². The Balaban J connectivity index is 2.08. The molecule has 0 aromatic carbocycles. The van der Waals surface area contributed by atoms with Gasteiger partial charge in [0, 0.05) is 29.4 Å². The summed E-state index contributed by atoms with van der Waals surface area (Å²) in [7, 11) is 1.27. The van der Waals surface area contributed by atoms with Crippen molar-refractivity contribution in [2.24, 2.45) is 5.92 Å². The lowest BCUT2D eigenvalue weighted by Crippen LogP contribution is -2.27. The molecule has 1 aliphatic rings. The molecule has 1 aromatic rings. The number of rotatable bonds is 10. The highest BCUT2D eigenvalue weighted by Gasteiger charge is 2.31. The van der Waals surface area contributed by atoms with Gasteiger partial charge in [0.25, 0.3) is 0 Å². The van der Waals surface area contributed by atoms with Crippen LogP contribution in [0.15, 0.2) is 50.9 Å². The monoisotopic (exact) mass is 477 g/mol. The molecule has 180 valence electrons. The van der Waals surface area contributed by atoms with Crippen molar-refractivity contribution in [3.05, 3.63) is 63.4 Å². The lowest BCUT2D eigenvalue weighted by Gasteiger charge is -2.21. The summed E-state index contributed by atoms with van der Waals surface area (Å²) in [6.45, 7) is 6.00. The first-order chi connectivity index (χ1) is 15.8. The van der Waals surface area contributed by atoms with Crippen molar-refractivity contribution < 1.29 is 28.6 Å². The van der Waals surface area contributed by atoms with Crippen molar-refractivity contribution in [1.29, 1.82) is 0 Å². The largest absolute Gasteiger partial charge is 0.507 e. The quantitative estimate of drug-likeness (QED) is 0.459. The number of hydrogen-bond donors (Lipinski definition) is 2. The molecule has 33 heavy (non-hydrogen) atoms. The van der Waals surface area contributed by atoms with E-state index >= 15 is 0 Å². The molecule has 0 fully saturated rings. The number of ketones is 1. The Morgan fingerprint density at radius 2 is 2.15 bits per heavy atom.